The molecule has 8 heteroatoms. The third-order valence-corrected chi connectivity index (χ3v) is 5.72. The molecule has 7 nitrogen and oxygen atoms in total. The van der Waals surface area contributed by atoms with Gasteiger partial charge in [-0.2, -0.15) is 0 Å². The van der Waals surface area contributed by atoms with Crippen molar-refractivity contribution >= 4 is 29.1 Å². The first-order chi connectivity index (χ1) is 15.9. The molecule has 3 aromatic rings. The number of Topliss-reactive ketones (excluding diaryl/α,β-unsaturated/α-hetero) is 1. The van der Waals surface area contributed by atoms with Gasteiger partial charge in [0, 0.05) is 41.2 Å². The molecule has 168 valence electrons. The summed E-state index contributed by atoms with van der Waals surface area (Å²) in [6.07, 6.45) is 3.25. The van der Waals surface area contributed by atoms with Crippen molar-refractivity contribution in [2.24, 2.45) is 0 Å². The third-order valence-electron chi connectivity index (χ3n) is 5.47. The van der Waals surface area contributed by atoms with Crippen LogP contribution in [0.15, 0.2) is 72.6 Å². The Kier molecular flexibility index (Phi) is 6.33. The van der Waals surface area contributed by atoms with Gasteiger partial charge in [0.25, 0.3) is 11.7 Å². The molecule has 4 rings (SSSR count). The lowest BCUT2D eigenvalue weighted by Gasteiger charge is -2.26. The van der Waals surface area contributed by atoms with Gasteiger partial charge in [0.15, 0.2) is 0 Å². The zero-order valence-electron chi connectivity index (χ0n) is 18.0. The molecule has 0 spiro atoms. The van der Waals surface area contributed by atoms with Crippen LogP contribution in [-0.2, 0) is 16.1 Å². The first-order valence-corrected chi connectivity index (χ1v) is 10.5. The number of hydrogen-bond donors (Lipinski definition) is 1. The first-order valence-electron chi connectivity index (χ1n) is 10.1. The van der Waals surface area contributed by atoms with Crippen LogP contribution in [0.4, 0.5) is 0 Å². The van der Waals surface area contributed by atoms with Crippen LogP contribution < -0.4 is 9.47 Å². The zero-order valence-corrected chi connectivity index (χ0v) is 18.7. The van der Waals surface area contributed by atoms with Gasteiger partial charge in [-0.3, -0.25) is 14.6 Å². The van der Waals surface area contributed by atoms with Gasteiger partial charge in [0.2, 0.25) is 0 Å². The largest absolute Gasteiger partial charge is 0.507 e. The highest BCUT2D eigenvalue weighted by Gasteiger charge is 2.47. The van der Waals surface area contributed by atoms with Crippen molar-refractivity contribution in [2.45, 2.75) is 12.6 Å². The molecule has 33 heavy (non-hydrogen) atoms. The number of likely N-dealkylation sites (tertiary alicyclic amines) is 1. The Morgan fingerprint density at radius 2 is 1.85 bits per heavy atom. The number of aromatic nitrogens is 1. The highest BCUT2D eigenvalue weighted by atomic mass is 35.5. The maximum atomic E-state index is 13.2. The number of carbonyl (C=O) groups excluding carboxylic acids is 2. The van der Waals surface area contributed by atoms with Gasteiger partial charge in [0.05, 0.1) is 25.8 Å². The highest BCUT2D eigenvalue weighted by molar-refractivity contribution is 6.46. The molecule has 1 amide bonds. The molecule has 1 saturated heterocycles. The summed E-state index contributed by atoms with van der Waals surface area (Å²) in [5.41, 5.74) is 1.62. The summed E-state index contributed by atoms with van der Waals surface area (Å²) in [6, 6.07) is 14.2. The molecule has 1 aliphatic rings. The fourth-order valence-corrected chi connectivity index (χ4v) is 3.99. The number of hydrogen-bond acceptors (Lipinski definition) is 6. The van der Waals surface area contributed by atoms with Gasteiger partial charge in [-0.25, -0.2) is 0 Å². The van der Waals surface area contributed by atoms with Gasteiger partial charge < -0.3 is 19.5 Å². The Labute approximate surface area is 195 Å². The summed E-state index contributed by atoms with van der Waals surface area (Å²) < 4.78 is 10.8. The smallest absolute Gasteiger partial charge is 0.295 e. The number of methoxy groups -OCH3 is 2. The van der Waals surface area contributed by atoms with E-state index < -0.39 is 17.7 Å². The summed E-state index contributed by atoms with van der Waals surface area (Å²) in [5, 5.41) is 11.6. The fourth-order valence-electron chi connectivity index (χ4n) is 3.86. The van der Waals surface area contributed by atoms with E-state index in [0.29, 0.717) is 27.6 Å². The fraction of sp³-hybridized carbons (Fsp3) is 0.160. The maximum absolute atomic E-state index is 13.2. The van der Waals surface area contributed by atoms with Gasteiger partial charge in [0.1, 0.15) is 17.3 Å². The van der Waals surface area contributed by atoms with E-state index in [9.17, 15) is 14.7 Å². The van der Waals surface area contributed by atoms with Crippen LogP contribution in [0.2, 0.25) is 5.02 Å². The van der Waals surface area contributed by atoms with Crippen molar-refractivity contribution in [3.63, 3.8) is 0 Å². The predicted molar refractivity (Wildman–Crippen MR) is 123 cm³/mol. The van der Waals surface area contributed by atoms with Crippen LogP contribution >= 0.6 is 11.6 Å². The lowest BCUT2D eigenvalue weighted by atomic mass is 9.94. The van der Waals surface area contributed by atoms with Gasteiger partial charge in [-0.1, -0.05) is 17.7 Å². The molecule has 2 aromatic carbocycles. The van der Waals surface area contributed by atoms with Crippen molar-refractivity contribution in [1.29, 1.82) is 0 Å². The molecule has 1 aromatic heterocycles. The number of carbonyl (C=O) groups is 2. The van der Waals surface area contributed by atoms with E-state index in [4.69, 9.17) is 21.1 Å². The second-order valence-electron chi connectivity index (χ2n) is 7.40. The van der Waals surface area contributed by atoms with Gasteiger partial charge in [-0.05, 0) is 48.0 Å². The van der Waals surface area contributed by atoms with Crippen LogP contribution in [0, 0.1) is 0 Å². The number of ether oxygens (including phenoxy) is 2. The predicted octanol–water partition coefficient (Wildman–Crippen LogP) is 4.37. The minimum absolute atomic E-state index is 0.0327. The normalized spacial score (nSPS) is 17.3. The van der Waals surface area contributed by atoms with Crippen LogP contribution in [-0.4, -0.2) is 40.9 Å². The van der Waals surface area contributed by atoms with Crippen molar-refractivity contribution in [1.82, 2.24) is 9.88 Å². The standard InChI is InChI=1S/C25H21ClN2O5/c1-32-18-9-10-19(20(12-18)33-2)22-21(23(29)16-5-7-17(26)8-6-16)24(30)25(31)28(22)14-15-4-3-11-27-13-15/h3-13,22,29H,14H2,1-2H3/b23-21+/t22-/m0/s1. The minimum atomic E-state index is -0.887. The quantitative estimate of drug-likeness (QED) is 0.331. The van der Waals surface area contributed by atoms with E-state index in [1.165, 1.54) is 19.1 Å². The lowest BCUT2D eigenvalue weighted by Crippen LogP contribution is -2.29. The Morgan fingerprint density at radius 3 is 2.48 bits per heavy atom. The average molecular weight is 465 g/mol. The Hall–Kier alpha value is -3.84. The van der Waals surface area contributed by atoms with Crippen LogP contribution in [0.25, 0.3) is 5.76 Å². The van der Waals surface area contributed by atoms with E-state index in [2.05, 4.69) is 4.98 Å². The summed E-state index contributed by atoms with van der Waals surface area (Å²) in [5.74, 6) is -0.829. The van der Waals surface area contributed by atoms with Gasteiger partial charge in [-0.15, -0.1) is 0 Å². The molecule has 2 heterocycles. The summed E-state index contributed by atoms with van der Waals surface area (Å²) in [7, 11) is 3.02. The SMILES string of the molecule is COc1ccc([C@H]2/C(=C(\O)c3ccc(Cl)cc3)C(=O)C(=O)N2Cc2cccnc2)c(OC)c1. The monoisotopic (exact) mass is 464 g/mol. The van der Waals surface area contributed by atoms with Crippen molar-refractivity contribution < 1.29 is 24.2 Å². The lowest BCUT2D eigenvalue weighted by molar-refractivity contribution is -0.140. The van der Waals surface area contributed by atoms with Crippen LogP contribution in [0.1, 0.15) is 22.7 Å². The molecule has 1 N–H and O–H groups in total. The Balaban J connectivity index is 1.91. The number of aliphatic hydroxyl groups is 1. The van der Waals surface area contributed by atoms with Crippen molar-refractivity contribution in [3.05, 3.63) is 94.3 Å². The number of benzene rings is 2. The van der Waals surface area contributed by atoms with Crippen LogP contribution in [0.5, 0.6) is 11.5 Å². The molecule has 0 radical (unpaired) electrons. The molecular formula is C25H21ClN2O5. The number of aliphatic hydroxyl groups excluding tert-OH is 1. The topological polar surface area (TPSA) is 89.0 Å². The maximum Gasteiger partial charge on any atom is 0.295 e. The Morgan fingerprint density at radius 1 is 1.09 bits per heavy atom. The van der Waals surface area contributed by atoms with E-state index in [1.54, 1.807) is 60.9 Å². The van der Waals surface area contributed by atoms with E-state index >= 15 is 0 Å². The van der Waals surface area contributed by atoms with E-state index in [1.807, 2.05) is 6.07 Å². The molecule has 1 fully saturated rings. The first kappa shape index (κ1) is 22.4. The van der Waals surface area contributed by atoms with Crippen molar-refractivity contribution in [3.8, 4) is 11.5 Å². The van der Waals surface area contributed by atoms with Crippen molar-refractivity contribution in [2.75, 3.05) is 14.2 Å². The molecule has 0 aliphatic carbocycles. The second-order valence-corrected chi connectivity index (χ2v) is 7.84. The minimum Gasteiger partial charge on any atom is -0.507 e. The van der Waals surface area contributed by atoms with Crippen LogP contribution in [0.3, 0.4) is 0 Å². The van der Waals surface area contributed by atoms with Gasteiger partial charge >= 0.3 is 0 Å². The third kappa shape index (κ3) is 4.27. The molecular weight excluding hydrogens is 444 g/mol. The molecule has 0 bridgehead atoms. The molecule has 1 atom stereocenters. The number of rotatable bonds is 6. The Bertz CT molecular complexity index is 1230. The average Bonchev–Trinajstić information content (AvgIpc) is 3.09. The van der Waals surface area contributed by atoms with E-state index in [0.717, 1.165) is 5.56 Å². The summed E-state index contributed by atoms with van der Waals surface area (Å²) in [6.45, 7) is 0.121. The summed E-state index contributed by atoms with van der Waals surface area (Å²) >= 11 is 5.97. The molecule has 1 aliphatic heterocycles. The number of ketones is 1. The number of pyridine rings is 1. The highest BCUT2D eigenvalue weighted by Crippen LogP contribution is 2.44. The summed E-state index contributed by atoms with van der Waals surface area (Å²) in [4.78, 5) is 31.8. The van der Waals surface area contributed by atoms with E-state index in [-0.39, 0.29) is 17.9 Å². The second kappa shape index (κ2) is 9.34. The molecule has 0 unspecified atom stereocenters. The number of amides is 1. The number of nitrogens with zero attached hydrogens (tertiary/aromatic N) is 2. The molecule has 0 saturated carbocycles. The zero-order chi connectivity index (χ0) is 23.5. The number of halogens is 1.